The van der Waals surface area contributed by atoms with Gasteiger partial charge in [-0.05, 0) is 28.7 Å². The number of benzene rings is 1. The van der Waals surface area contributed by atoms with E-state index in [9.17, 15) is 0 Å². The van der Waals surface area contributed by atoms with Gasteiger partial charge < -0.3 is 5.32 Å². The molecule has 1 aromatic carbocycles. The van der Waals surface area contributed by atoms with Gasteiger partial charge in [0.15, 0.2) is 0 Å². The average Bonchev–Trinajstić information content (AvgIpc) is 2.25. The number of hydrogen-bond acceptors (Lipinski definition) is 1. The summed E-state index contributed by atoms with van der Waals surface area (Å²) < 4.78 is 0. The molecule has 0 aliphatic carbocycles. The molecule has 1 heterocycles. The smallest absolute Gasteiger partial charge is 0.000861 e. The molecule has 1 fully saturated rings. The molecule has 0 saturated carbocycles. The highest BCUT2D eigenvalue weighted by molar-refractivity contribution is 5.26. The van der Waals surface area contributed by atoms with Gasteiger partial charge in [0.1, 0.15) is 0 Å². The lowest BCUT2D eigenvalue weighted by Crippen LogP contribution is -2.52. The maximum absolute atomic E-state index is 3.56. The van der Waals surface area contributed by atoms with E-state index in [4.69, 9.17) is 0 Å². The van der Waals surface area contributed by atoms with E-state index in [1.807, 2.05) is 0 Å². The van der Waals surface area contributed by atoms with Gasteiger partial charge in [0, 0.05) is 13.1 Å². The lowest BCUT2D eigenvalue weighted by molar-refractivity contribution is 0.169. The summed E-state index contributed by atoms with van der Waals surface area (Å²) in [7, 11) is 0. The van der Waals surface area contributed by atoms with Gasteiger partial charge in [-0.1, -0.05) is 58.0 Å². The van der Waals surface area contributed by atoms with E-state index in [-0.39, 0.29) is 10.8 Å². The minimum absolute atomic E-state index is 0.289. The molecule has 93 valence electrons. The average molecular weight is 230 g/mol. The largest absolute Gasteiger partial charge is 0.316 e. The number of nitrogens with one attached hydrogen (secondary N) is 1. The fourth-order valence-electron chi connectivity index (χ4n) is 3.10. The van der Waals surface area contributed by atoms with E-state index >= 15 is 0 Å². The topological polar surface area (TPSA) is 12.0 Å². The van der Waals surface area contributed by atoms with Crippen molar-refractivity contribution in [3.63, 3.8) is 0 Å². The zero-order chi connectivity index (χ0) is 12.5. The summed E-state index contributed by atoms with van der Waals surface area (Å²) in [6, 6.07) is 10.8. The Kier molecular flexibility index (Phi) is 3.31. The van der Waals surface area contributed by atoms with Gasteiger partial charge in [0.05, 0.1) is 0 Å². The first-order valence-corrected chi connectivity index (χ1v) is 6.53. The van der Waals surface area contributed by atoms with Crippen LogP contribution in [-0.2, 0) is 6.42 Å². The molecule has 0 bridgehead atoms. The molecule has 1 N–H and O–H groups in total. The predicted molar refractivity (Wildman–Crippen MR) is 73.8 cm³/mol. The van der Waals surface area contributed by atoms with Crippen LogP contribution in [0.15, 0.2) is 30.3 Å². The Hall–Kier alpha value is -0.820. The molecule has 0 unspecified atom stereocenters. The van der Waals surface area contributed by atoms with E-state index in [2.05, 4.69) is 63.3 Å². The van der Waals surface area contributed by atoms with Crippen molar-refractivity contribution >= 4 is 0 Å². The highest BCUT2D eigenvalue weighted by atomic mass is 14.9. The lowest BCUT2D eigenvalue weighted by Gasteiger charge is -2.49. The van der Waals surface area contributed by atoms with Gasteiger partial charge in [-0.3, -0.25) is 0 Å². The third-order valence-electron chi connectivity index (χ3n) is 3.99. The van der Waals surface area contributed by atoms with E-state index < -0.39 is 0 Å². The zero-order valence-electron chi connectivity index (χ0n) is 11.5. The Bertz CT molecular complexity index is 348. The molecule has 17 heavy (non-hydrogen) atoms. The predicted octanol–water partition coefficient (Wildman–Crippen LogP) is 3.46. The summed E-state index contributed by atoms with van der Waals surface area (Å²) in [4.78, 5) is 0. The first kappa shape index (κ1) is 12.6. The summed E-state index contributed by atoms with van der Waals surface area (Å²) in [5, 5.41) is 3.56. The van der Waals surface area contributed by atoms with Crippen LogP contribution in [0.1, 0.15) is 33.3 Å². The molecule has 1 nitrogen and oxygen atoms in total. The van der Waals surface area contributed by atoms with Crippen LogP contribution in [0, 0.1) is 16.7 Å². The van der Waals surface area contributed by atoms with Crippen molar-refractivity contribution in [3.8, 4) is 0 Å². The van der Waals surface area contributed by atoms with Crippen LogP contribution in [0.3, 0.4) is 0 Å². The van der Waals surface area contributed by atoms with Crippen molar-refractivity contribution in [3.05, 3.63) is 41.8 Å². The molecule has 1 aromatic rings. The molecule has 0 amide bonds. The van der Waals surface area contributed by atoms with Gasteiger partial charge in [-0.2, -0.15) is 0 Å². The molecular formula is C16H24N. The quantitative estimate of drug-likeness (QED) is 0.820. The van der Waals surface area contributed by atoms with E-state index in [0.29, 0.717) is 0 Å². The van der Waals surface area contributed by atoms with Crippen molar-refractivity contribution in [1.29, 1.82) is 0 Å². The van der Waals surface area contributed by atoms with Crippen molar-refractivity contribution < 1.29 is 0 Å². The molecule has 1 saturated heterocycles. The van der Waals surface area contributed by atoms with Gasteiger partial charge in [0.25, 0.3) is 0 Å². The van der Waals surface area contributed by atoms with Crippen molar-refractivity contribution in [2.75, 3.05) is 13.1 Å². The first-order valence-electron chi connectivity index (χ1n) is 6.53. The second kappa shape index (κ2) is 4.45. The summed E-state index contributed by atoms with van der Waals surface area (Å²) in [5.74, 6) is 1.68. The molecule has 0 aromatic heterocycles. The lowest BCUT2D eigenvalue weighted by atomic mass is 9.60. The molecular weight excluding hydrogens is 206 g/mol. The first-order chi connectivity index (χ1) is 7.92. The molecule has 1 aliphatic rings. The van der Waals surface area contributed by atoms with Crippen LogP contribution in [0.4, 0.5) is 0 Å². The van der Waals surface area contributed by atoms with Gasteiger partial charge in [-0.25, -0.2) is 0 Å². The second-order valence-corrected chi connectivity index (χ2v) is 6.51. The van der Waals surface area contributed by atoms with Crippen LogP contribution in [0.2, 0.25) is 0 Å². The zero-order valence-corrected chi connectivity index (χ0v) is 11.5. The Morgan fingerprint density at radius 3 is 2.00 bits per heavy atom. The second-order valence-electron chi connectivity index (χ2n) is 6.51. The molecule has 0 spiro atoms. The standard InChI is InChI=1S/C16H24N/c1-15(2)11-17-12-16(3,4)14(15)10-13-8-6-5-7-9-13/h5-9,17H,10-12H2,1-4H3. The summed E-state index contributed by atoms with van der Waals surface area (Å²) >= 11 is 0. The van der Waals surface area contributed by atoms with Crippen molar-refractivity contribution in [1.82, 2.24) is 5.32 Å². The Morgan fingerprint density at radius 2 is 1.47 bits per heavy atom. The number of hydrogen-bond donors (Lipinski definition) is 1. The van der Waals surface area contributed by atoms with E-state index in [0.717, 1.165) is 19.5 Å². The third kappa shape index (κ3) is 2.71. The molecule has 1 heteroatoms. The maximum Gasteiger partial charge on any atom is 0.000861 e. The van der Waals surface area contributed by atoms with Crippen molar-refractivity contribution in [2.45, 2.75) is 34.1 Å². The minimum Gasteiger partial charge on any atom is -0.316 e. The Balaban J connectivity index is 2.21. The normalized spacial score (nSPS) is 23.5. The Morgan fingerprint density at radius 1 is 0.941 bits per heavy atom. The molecule has 1 aliphatic heterocycles. The van der Waals surface area contributed by atoms with Crippen LogP contribution in [-0.4, -0.2) is 13.1 Å². The molecule has 1 radical (unpaired) electrons. The van der Waals surface area contributed by atoms with Gasteiger partial charge in [0.2, 0.25) is 0 Å². The number of piperidine rings is 1. The molecule has 0 atom stereocenters. The maximum atomic E-state index is 3.56. The van der Waals surface area contributed by atoms with Crippen molar-refractivity contribution in [2.24, 2.45) is 10.8 Å². The van der Waals surface area contributed by atoms with E-state index in [1.165, 1.54) is 5.56 Å². The monoisotopic (exact) mass is 230 g/mol. The minimum atomic E-state index is 0.289. The summed E-state index contributed by atoms with van der Waals surface area (Å²) in [6.07, 6.45) is 1.11. The van der Waals surface area contributed by atoms with Gasteiger partial charge in [-0.15, -0.1) is 0 Å². The van der Waals surface area contributed by atoms with Crippen LogP contribution in [0.5, 0.6) is 0 Å². The highest BCUT2D eigenvalue weighted by Crippen LogP contribution is 2.46. The van der Waals surface area contributed by atoms with Crippen LogP contribution >= 0.6 is 0 Å². The van der Waals surface area contributed by atoms with Crippen LogP contribution in [0.25, 0.3) is 0 Å². The Labute approximate surface area is 106 Å². The third-order valence-corrected chi connectivity index (χ3v) is 3.99. The van der Waals surface area contributed by atoms with Gasteiger partial charge >= 0.3 is 0 Å². The molecule has 2 rings (SSSR count). The number of rotatable bonds is 2. The summed E-state index contributed by atoms with van der Waals surface area (Å²) in [5.41, 5.74) is 2.01. The fraction of sp³-hybridized carbons (Fsp3) is 0.562. The summed E-state index contributed by atoms with van der Waals surface area (Å²) in [6.45, 7) is 11.6. The highest BCUT2D eigenvalue weighted by Gasteiger charge is 2.43. The van der Waals surface area contributed by atoms with E-state index in [1.54, 1.807) is 5.92 Å². The fourth-order valence-corrected chi connectivity index (χ4v) is 3.10. The van der Waals surface area contributed by atoms with Crippen LogP contribution < -0.4 is 5.32 Å². The SMILES string of the molecule is CC1(C)CNCC(C)(C)[C]1Cc1ccccc1.